The Labute approximate surface area is 131 Å². The zero-order valence-electron chi connectivity index (χ0n) is 11.1. The van der Waals surface area contributed by atoms with E-state index in [0.29, 0.717) is 5.56 Å². The fourth-order valence-corrected chi connectivity index (χ4v) is 3.98. The zero-order chi connectivity index (χ0) is 15.6. The molecule has 4 nitrogen and oxygen atoms in total. The summed E-state index contributed by atoms with van der Waals surface area (Å²) in [6.07, 6.45) is 0. The van der Waals surface area contributed by atoms with E-state index >= 15 is 0 Å². The van der Waals surface area contributed by atoms with Gasteiger partial charge in [-0.15, -0.1) is 0 Å². The van der Waals surface area contributed by atoms with E-state index in [1.165, 1.54) is 19.2 Å². The summed E-state index contributed by atoms with van der Waals surface area (Å²) in [5.41, 5.74) is 0.488. The smallest absolute Gasteiger partial charge is 0.244 e. The highest BCUT2D eigenvalue weighted by molar-refractivity contribution is 9.10. The maximum atomic E-state index is 13.1. The van der Waals surface area contributed by atoms with Crippen molar-refractivity contribution in [1.82, 2.24) is 4.31 Å². The Morgan fingerprint density at radius 1 is 1.24 bits per heavy atom. The highest BCUT2D eigenvalue weighted by Gasteiger charge is 2.24. The highest BCUT2D eigenvalue weighted by Crippen LogP contribution is 2.27. The fraction of sp³-hybridized carbons (Fsp3) is 0.143. The standard InChI is InChI=1S/C14H13BrFNO3S/c1-17(9-10-4-2-3-5-13(10)18)21(19,20)14-7-6-11(16)8-12(14)15/h2-8,18H,9H2,1H3. The molecule has 0 aliphatic heterocycles. The van der Waals surface area contributed by atoms with Gasteiger partial charge in [0.1, 0.15) is 11.6 Å². The van der Waals surface area contributed by atoms with Gasteiger partial charge in [-0.05, 0) is 40.2 Å². The monoisotopic (exact) mass is 373 g/mol. The van der Waals surface area contributed by atoms with Crippen LogP contribution in [0.3, 0.4) is 0 Å². The summed E-state index contributed by atoms with van der Waals surface area (Å²) in [7, 11) is -2.39. The molecule has 2 aromatic rings. The lowest BCUT2D eigenvalue weighted by Crippen LogP contribution is -2.26. The van der Waals surface area contributed by atoms with E-state index in [9.17, 15) is 17.9 Å². The minimum atomic E-state index is -3.79. The Hall–Kier alpha value is -1.44. The second-order valence-electron chi connectivity index (χ2n) is 4.46. The van der Waals surface area contributed by atoms with E-state index < -0.39 is 15.8 Å². The van der Waals surface area contributed by atoms with Gasteiger partial charge in [0.05, 0.1) is 4.90 Å². The molecule has 0 saturated carbocycles. The molecule has 0 atom stereocenters. The zero-order valence-corrected chi connectivity index (χ0v) is 13.5. The van der Waals surface area contributed by atoms with Gasteiger partial charge >= 0.3 is 0 Å². The number of phenols is 1. The number of halogens is 2. The van der Waals surface area contributed by atoms with Gasteiger partial charge in [-0.25, -0.2) is 12.8 Å². The SMILES string of the molecule is CN(Cc1ccccc1O)S(=O)(=O)c1ccc(F)cc1Br. The quantitative estimate of drug-likeness (QED) is 0.895. The number of para-hydroxylation sites is 1. The van der Waals surface area contributed by atoms with Crippen LogP contribution in [0.2, 0.25) is 0 Å². The lowest BCUT2D eigenvalue weighted by Gasteiger charge is -2.18. The lowest BCUT2D eigenvalue weighted by atomic mass is 10.2. The third-order valence-electron chi connectivity index (χ3n) is 2.97. The summed E-state index contributed by atoms with van der Waals surface area (Å²) in [4.78, 5) is -0.0261. The summed E-state index contributed by atoms with van der Waals surface area (Å²) >= 11 is 3.06. The molecule has 2 aromatic carbocycles. The van der Waals surface area contributed by atoms with Gasteiger partial charge in [-0.2, -0.15) is 4.31 Å². The molecule has 0 aliphatic carbocycles. The molecule has 7 heteroatoms. The van der Waals surface area contributed by atoms with E-state index in [1.54, 1.807) is 18.2 Å². The molecule has 0 amide bonds. The molecular weight excluding hydrogens is 361 g/mol. The van der Waals surface area contributed by atoms with E-state index in [2.05, 4.69) is 15.9 Å². The van der Waals surface area contributed by atoms with Gasteiger partial charge in [0, 0.05) is 23.6 Å². The van der Waals surface area contributed by atoms with Crippen molar-refractivity contribution in [3.05, 3.63) is 58.3 Å². The molecule has 0 fully saturated rings. The summed E-state index contributed by atoms with van der Waals surface area (Å²) in [5.74, 6) is -0.498. The molecule has 112 valence electrons. The van der Waals surface area contributed by atoms with Gasteiger partial charge in [0.25, 0.3) is 0 Å². The number of hydrogen-bond donors (Lipinski definition) is 1. The lowest BCUT2D eigenvalue weighted by molar-refractivity contribution is 0.435. The minimum Gasteiger partial charge on any atom is -0.508 e. The molecule has 1 N–H and O–H groups in total. The van der Waals surface area contributed by atoms with Crippen molar-refractivity contribution in [2.24, 2.45) is 0 Å². The second-order valence-corrected chi connectivity index (χ2v) is 7.33. The number of nitrogens with zero attached hydrogens (tertiary/aromatic N) is 1. The maximum absolute atomic E-state index is 13.1. The Bertz CT molecular complexity index is 765. The molecule has 2 rings (SSSR count). The first-order chi connectivity index (χ1) is 9.82. The summed E-state index contributed by atoms with van der Waals surface area (Å²) in [6.45, 7) is 0.0127. The number of rotatable bonds is 4. The van der Waals surface area contributed by atoms with Crippen LogP contribution >= 0.6 is 15.9 Å². The van der Waals surface area contributed by atoms with Gasteiger partial charge < -0.3 is 5.11 Å². The number of hydrogen-bond acceptors (Lipinski definition) is 3. The first-order valence-electron chi connectivity index (χ1n) is 6.00. The van der Waals surface area contributed by atoms with Crippen molar-refractivity contribution in [1.29, 1.82) is 0 Å². The maximum Gasteiger partial charge on any atom is 0.244 e. The van der Waals surface area contributed by atoms with Crippen molar-refractivity contribution >= 4 is 26.0 Å². The Morgan fingerprint density at radius 3 is 2.52 bits per heavy atom. The fourth-order valence-electron chi connectivity index (χ4n) is 1.82. The molecule has 0 heterocycles. The van der Waals surface area contributed by atoms with Crippen LogP contribution in [0.15, 0.2) is 51.8 Å². The van der Waals surface area contributed by atoms with Crippen LogP contribution < -0.4 is 0 Å². The summed E-state index contributed by atoms with van der Waals surface area (Å²) < 4.78 is 39.3. The van der Waals surface area contributed by atoms with Crippen LogP contribution in [-0.4, -0.2) is 24.9 Å². The molecule has 0 aliphatic rings. The normalized spacial score (nSPS) is 11.8. The van der Waals surface area contributed by atoms with Crippen LogP contribution in [0.4, 0.5) is 4.39 Å². The Kier molecular flexibility index (Phi) is 4.65. The Morgan fingerprint density at radius 2 is 1.90 bits per heavy atom. The third kappa shape index (κ3) is 3.42. The summed E-state index contributed by atoms with van der Waals surface area (Å²) in [5, 5.41) is 9.71. The minimum absolute atomic E-state index is 0.0127. The topological polar surface area (TPSA) is 57.6 Å². The van der Waals surface area contributed by atoms with Crippen molar-refractivity contribution in [2.75, 3.05) is 7.05 Å². The van der Waals surface area contributed by atoms with Gasteiger partial charge in [0.15, 0.2) is 0 Å². The van der Waals surface area contributed by atoms with Crippen molar-refractivity contribution in [2.45, 2.75) is 11.4 Å². The van der Waals surface area contributed by atoms with E-state index in [1.807, 2.05) is 0 Å². The predicted molar refractivity (Wildman–Crippen MR) is 80.9 cm³/mol. The first kappa shape index (κ1) is 15.9. The van der Waals surface area contributed by atoms with Gasteiger partial charge in [-0.3, -0.25) is 0 Å². The van der Waals surface area contributed by atoms with Crippen molar-refractivity contribution < 1.29 is 17.9 Å². The molecule has 0 unspecified atom stereocenters. The third-order valence-corrected chi connectivity index (χ3v) is 5.75. The largest absolute Gasteiger partial charge is 0.508 e. The van der Waals surface area contributed by atoms with Crippen molar-refractivity contribution in [3.8, 4) is 5.75 Å². The number of sulfonamides is 1. The van der Waals surface area contributed by atoms with Gasteiger partial charge in [0.2, 0.25) is 10.0 Å². The van der Waals surface area contributed by atoms with Crippen LogP contribution in [0.25, 0.3) is 0 Å². The van der Waals surface area contributed by atoms with E-state index in [-0.39, 0.29) is 21.7 Å². The average Bonchev–Trinajstić information content (AvgIpc) is 2.40. The van der Waals surface area contributed by atoms with Crippen molar-refractivity contribution in [3.63, 3.8) is 0 Å². The number of benzene rings is 2. The molecular formula is C14H13BrFNO3S. The molecule has 21 heavy (non-hydrogen) atoms. The van der Waals surface area contributed by atoms with Crippen LogP contribution in [0.5, 0.6) is 5.75 Å². The van der Waals surface area contributed by atoms with E-state index in [4.69, 9.17) is 0 Å². The summed E-state index contributed by atoms with van der Waals surface area (Å²) in [6, 6.07) is 9.89. The van der Waals surface area contributed by atoms with Crippen LogP contribution in [0, 0.1) is 5.82 Å². The predicted octanol–water partition coefficient (Wildman–Crippen LogP) is 3.11. The first-order valence-corrected chi connectivity index (χ1v) is 8.24. The molecule has 0 aromatic heterocycles. The highest BCUT2D eigenvalue weighted by atomic mass is 79.9. The molecule has 0 saturated heterocycles. The van der Waals surface area contributed by atoms with Crippen LogP contribution in [0.1, 0.15) is 5.56 Å². The Balaban J connectivity index is 2.33. The second kappa shape index (κ2) is 6.13. The molecule has 0 spiro atoms. The number of aromatic hydroxyl groups is 1. The molecule has 0 radical (unpaired) electrons. The number of phenolic OH excluding ortho intramolecular Hbond substituents is 1. The van der Waals surface area contributed by atoms with Crippen LogP contribution in [-0.2, 0) is 16.6 Å². The van der Waals surface area contributed by atoms with Gasteiger partial charge in [-0.1, -0.05) is 18.2 Å². The molecule has 0 bridgehead atoms. The average molecular weight is 374 g/mol. The van der Waals surface area contributed by atoms with E-state index in [0.717, 1.165) is 16.4 Å².